The van der Waals surface area contributed by atoms with Crippen LogP contribution < -0.4 is 4.90 Å². The van der Waals surface area contributed by atoms with E-state index in [2.05, 4.69) is 34.1 Å². The fourth-order valence-electron chi connectivity index (χ4n) is 3.30. The van der Waals surface area contributed by atoms with Gasteiger partial charge in [-0.15, -0.1) is 11.6 Å². The van der Waals surface area contributed by atoms with Gasteiger partial charge in [0, 0.05) is 30.7 Å². The smallest absolute Gasteiger partial charge is 0.0494 e. The van der Waals surface area contributed by atoms with Crippen LogP contribution in [0.25, 0.3) is 0 Å². The van der Waals surface area contributed by atoms with Crippen molar-refractivity contribution in [1.82, 2.24) is 4.90 Å². The second kappa shape index (κ2) is 5.50. The molecule has 0 aliphatic carbocycles. The maximum atomic E-state index is 6.04. The number of hydrogen-bond acceptors (Lipinski definition) is 2. The molecule has 2 aliphatic rings. The first-order chi connectivity index (χ1) is 8.88. The molecule has 2 fully saturated rings. The number of nitrogens with zero attached hydrogens (tertiary/aromatic N) is 2. The topological polar surface area (TPSA) is 6.48 Å². The molecule has 0 bridgehead atoms. The van der Waals surface area contributed by atoms with Gasteiger partial charge >= 0.3 is 0 Å². The molecule has 0 spiro atoms. The van der Waals surface area contributed by atoms with E-state index in [4.69, 9.17) is 11.6 Å². The molecular formula is C15H21ClN2. The number of anilines is 1. The maximum Gasteiger partial charge on any atom is 0.0494 e. The molecule has 18 heavy (non-hydrogen) atoms. The third kappa shape index (κ3) is 2.36. The van der Waals surface area contributed by atoms with Gasteiger partial charge in [-0.25, -0.2) is 0 Å². The first kappa shape index (κ1) is 12.3. The Morgan fingerprint density at radius 3 is 2.67 bits per heavy atom. The summed E-state index contributed by atoms with van der Waals surface area (Å²) < 4.78 is 0. The van der Waals surface area contributed by atoms with Crippen molar-refractivity contribution in [2.24, 2.45) is 0 Å². The van der Waals surface area contributed by atoms with E-state index in [1.165, 1.54) is 56.7 Å². The zero-order valence-electron chi connectivity index (χ0n) is 10.8. The van der Waals surface area contributed by atoms with Gasteiger partial charge in [0.1, 0.15) is 0 Å². The van der Waals surface area contributed by atoms with Crippen molar-refractivity contribution in [3.63, 3.8) is 0 Å². The Morgan fingerprint density at radius 2 is 1.89 bits per heavy atom. The van der Waals surface area contributed by atoms with Gasteiger partial charge in [0.15, 0.2) is 0 Å². The van der Waals surface area contributed by atoms with Gasteiger partial charge < -0.3 is 4.90 Å². The summed E-state index contributed by atoms with van der Waals surface area (Å²) in [5.74, 6) is 0.612. The molecule has 2 heterocycles. The molecule has 98 valence electrons. The van der Waals surface area contributed by atoms with Crippen molar-refractivity contribution in [2.75, 3.05) is 31.1 Å². The van der Waals surface area contributed by atoms with Gasteiger partial charge in [0.25, 0.3) is 0 Å². The molecule has 0 amide bonds. The maximum absolute atomic E-state index is 6.04. The summed E-state index contributed by atoms with van der Waals surface area (Å²) in [7, 11) is 0. The summed E-state index contributed by atoms with van der Waals surface area (Å²) >= 11 is 6.04. The third-order valence-electron chi connectivity index (χ3n) is 4.30. The zero-order valence-corrected chi connectivity index (χ0v) is 11.6. The number of benzene rings is 1. The van der Waals surface area contributed by atoms with Crippen molar-refractivity contribution < 1.29 is 0 Å². The van der Waals surface area contributed by atoms with E-state index in [1.54, 1.807) is 0 Å². The van der Waals surface area contributed by atoms with Crippen molar-refractivity contribution >= 4 is 17.3 Å². The first-order valence-corrected chi connectivity index (χ1v) is 7.55. The molecule has 1 atom stereocenters. The van der Waals surface area contributed by atoms with Crippen molar-refractivity contribution in [3.05, 3.63) is 29.8 Å². The minimum Gasteiger partial charge on any atom is -0.370 e. The highest BCUT2D eigenvalue weighted by Crippen LogP contribution is 2.28. The third-order valence-corrected chi connectivity index (χ3v) is 4.58. The Hall–Kier alpha value is -0.730. The van der Waals surface area contributed by atoms with Gasteiger partial charge in [-0.2, -0.15) is 0 Å². The van der Waals surface area contributed by atoms with Crippen LogP contribution in [0.4, 0.5) is 5.69 Å². The van der Waals surface area contributed by atoms with Crippen LogP contribution in [0, 0.1) is 0 Å². The average molecular weight is 265 g/mol. The van der Waals surface area contributed by atoms with E-state index in [9.17, 15) is 0 Å². The Balaban J connectivity index is 1.71. The van der Waals surface area contributed by atoms with E-state index in [0.29, 0.717) is 5.88 Å². The summed E-state index contributed by atoms with van der Waals surface area (Å²) in [6, 6.07) is 9.32. The minimum atomic E-state index is 0.612. The molecule has 0 radical (unpaired) electrons. The number of alkyl halides is 1. The molecule has 0 N–H and O–H groups in total. The Labute approximate surface area is 115 Å². The monoisotopic (exact) mass is 264 g/mol. The molecule has 2 aliphatic heterocycles. The molecule has 3 heteroatoms. The fourth-order valence-corrected chi connectivity index (χ4v) is 3.52. The number of rotatable bonds is 3. The summed E-state index contributed by atoms with van der Waals surface area (Å²) in [5.41, 5.74) is 2.61. The predicted molar refractivity (Wildman–Crippen MR) is 77.4 cm³/mol. The molecule has 2 nitrogen and oxygen atoms in total. The van der Waals surface area contributed by atoms with Crippen LogP contribution in [0.3, 0.4) is 0 Å². The minimum absolute atomic E-state index is 0.612. The molecule has 1 unspecified atom stereocenters. The van der Waals surface area contributed by atoms with Crippen LogP contribution in [0.2, 0.25) is 0 Å². The Morgan fingerprint density at radius 1 is 1.11 bits per heavy atom. The van der Waals surface area contributed by atoms with Crippen molar-refractivity contribution in [1.29, 1.82) is 0 Å². The van der Waals surface area contributed by atoms with Crippen LogP contribution in [0.1, 0.15) is 24.8 Å². The average Bonchev–Trinajstić information content (AvgIpc) is 3.09. The van der Waals surface area contributed by atoms with Crippen LogP contribution in [-0.2, 0) is 5.88 Å². The van der Waals surface area contributed by atoms with E-state index in [-0.39, 0.29) is 0 Å². The molecule has 1 aromatic carbocycles. The summed E-state index contributed by atoms with van der Waals surface area (Å²) in [6.45, 7) is 4.95. The Bertz CT molecular complexity index is 401. The SMILES string of the molecule is ClCc1ccccc1N1CCC(N2CCCC2)C1. The number of likely N-dealkylation sites (tertiary alicyclic amines) is 1. The van der Waals surface area contributed by atoms with Gasteiger partial charge in [-0.3, -0.25) is 4.90 Å². The van der Waals surface area contributed by atoms with Crippen LogP contribution in [-0.4, -0.2) is 37.1 Å². The van der Waals surface area contributed by atoms with E-state index >= 15 is 0 Å². The lowest BCUT2D eigenvalue weighted by molar-refractivity contribution is 0.260. The fraction of sp³-hybridized carbons (Fsp3) is 0.600. The number of halogens is 1. The number of para-hydroxylation sites is 1. The van der Waals surface area contributed by atoms with Gasteiger partial charge in [0.2, 0.25) is 0 Å². The quantitative estimate of drug-likeness (QED) is 0.774. The molecule has 2 saturated heterocycles. The van der Waals surface area contributed by atoms with E-state index < -0.39 is 0 Å². The lowest BCUT2D eigenvalue weighted by Crippen LogP contribution is -2.35. The molecule has 0 aromatic heterocycles. The first-order valence-electron chi connectivity index (χ1n) is 7.01. The lowest BCUT2D eigenvalue weighted by Gasteiger charge is -2.25. The summed E-state index contributed by atoms with van der Waals surface area (Å²) in [6.07, 6.45) is 4.07. The van der Waals surface area contributed by atoms with Crippen molar-refractivity contribution in [3.8, 4) is 0 Å². The summed E-state index contributed by atoms with van der Waals surface area (Å²) in [4.78, 5) is 5.18. The highest BCUT2D eigenvalue weighted by Gasteiger charge is 2.29. The van der Waals surface area contributed by atoms with Crippen LogP contribution in [0.5, 0.6) is 0 Å². The van der Waals surface area contributed by atoms with Crippen molar-refractivity contribution in [2.45, 2.75) is 31.2 Å². The second-order valence-corrected chi connectivity index (χ2v) is 5.66. The van der Waals surface area contributed by atoms with Gasteiger partial charge in [-0.1, -0.05) is 18.2 Å². The highest BCUT2D eigenvalue weighted by atomic mass is 35.5. The molecule has 1 aromatic rings. The Kier molecular flexibility index (Phi) is 3.76. The zero-order chi connectivity index (χ0) is 12.4. The molecule has 3 rings (SSSR count). The molecular weight excluding hydrogens is 244 g/mol. The normalized spacial score (nSPS) is 24.9. The lowest BCUT2D eigenvalue weighted by atomic mass is 10.2. The standard InChI is InChI=1S/C15H21ClN2/c16-11-13-5-1-2-6-15(13)18-10-7-14(12-18)17-8-3-4-9-17/h1-2,5-6,14H,3-4,7-12H2. The second-order valence-electron chi connectivity index (χ2n) is 5.39. The van der Waals surface area contributed by atoms with E-state index in [0.717, 1.165) is 6.04 Å². The van der Waals surface area contributed by atoms with Gasteiger partial charge in [-0.05, 0) is 44.0 Å². The number of hydrogen-bond donors (Lipinski definition) is 0. The van der Waals surface area contributed by atoms with E-state index in [1.807, 2.05) is 0 Å². The van der Waals surface area contributed by atoms with Crippen LogP contribution in [0.15, 0.2) is 24.3 Å². The predicted octanol–water partition coefficient (Wildman–Crippen LogP) is 3.10. The summed E-state index contributed by atoms with van der Waals surface area (Å²) in [5, 5.41) is 0. The molecule has 0 saturated carbocycles. The van der Waals surface area contributed by atoms with Gasteiger partial charge in [0.05, 0.1) is 0 Å². The largest absolute Gasteiger partial charge is 0.370 e. The highest BCUT2D eigenvalue weighted by molar-refractivity contribution is 6.17. The van der Waals surface area contributed by atoms with Crippen LogP contribution >= 0.6 is 11.6 Å².